The predicted molar refractivity (Wildman–Crippen MR) is 83.5 cm³/mol. The van der Waals surface area contributed by atoms with Crippen LogP contribution in [0.25, 0.3) is 0 Å². The van der Waals surface area contributed by atoms with Gasteiger partial charge < -0.3 is 0 Å². The van der Waals surface area contributed by atoms with E-state index in [1.165, 1.54) is 39.0 Å². The first-order valence-corrected chi connectivity index (χ1v) is 8.02. The first-order valence-electron chi connectivity index (χ1n) is 8.02. The molecule has 0 aromatic carbocycles. The minimum Gasteiger partial charge on any atom is -0.298 e. The molecule has 2 heterocycles. The molecular formula is C17H34N2. The minimum absolute atomic E-state index is 0.353. The molecule has 0 N–H and O–H groups in total. The molecule has 112 valence electrons. The standard InChI is InChI=1S/C17H34N2/c1-15(2,3)17(7)8-10-18(11-9-17)14-12-19(13-14)16(4,5)6/h14H,8-13H2,1-7H3. The number of rotatable bonds is 1. The summed E-state index contributed by atoms with van der Waals surface area (Å²) in [4.78, 5) is 5.35. The van der Waals surface area contributed by atoms with Crippen LogP contribution in [0.3, 0.4) is 0 Å². The topological polar surface area (TPSA) is 6.48 Å². The molecule has 0 aromatic rings. The second kappa shape index (κ2) is 4.73. The predicted octanol–water partition coefficient (Wildman–Crippen LogP) is 3.62. The van der Waals surface area contributed by atoms with Crippen molar-refractivity contribution in [2.75, 3.05) is 26.2 Å². The molecule has 2 aliphatic rings. The van der Waals surface area contributed by atoms with Crippen molar-refractivity contribution in [1.82, 2.24) is 9.80 Å². The Labute approximate surface area is 120 Å². The van der Waals surface area contributed by atoms with E-state index in [1.807, 2.05) is 0 Å². The molecule has 0 radical (unpaired) electrons. The molecule has 19 heavy (non-hydrogen) atoms. The first kappa shape index (κ1) is 15.3. The van der Waals surface area contributed by atoms with Crippen LogP contribution >= 0.6 is 0 Å². The zero-order valence-electron chi connectivity index (χ0n) is 14.2. The maximum Gasteiger partial charge on any atom is 0.0350 e. The summed E-state index contributed by atoms with van der Waals surface area (Å²) in [5.74, 6) is 0. The molecule has 0 unspecified atom stereocenters. The van der Waals surface area contributed by atoms with Gasteiger partial charge >= 0.3 is 0 Å². The normalized spacial score (nSPS) is 27.3. The summed E-state index contributed by atoms with van der Waals surface area (Å²) in [6.45, 7) is 21.9. The molecular weight excluding hydrogens is 232 g/mol. The lowest BCUT2D eigenvalue weighted by Crippen LogP contribution is -2.66. The molecule has 0 aliphatic carbocycles. The average Bonchev–Trinajstić information content (AvgIpc) is 2.15. The summed E-state index contributed by atoms with van der Waals surface area (Å²) in [6, 6.07) is 0.823. The molecule has 2 fully saturated rings. The molecule has 0 bridgehead atoms. The van der Waals surface area contributed by atoms with E-state index in [2.05, 4.69) is 58.3 Å². The van der Waals surface area contributed by atoms with Crippen LogP contribution in [-0.2, 0) is 0 Å². The summed E-state index contributed by atoms with van der Waals surface area (Å²) in [5, 5.41) is 0. The third kappa shape index (κ3) is 3.00. The van der Waals surface area contributed by atoms with E-state index in [4.69, 9.17) is 0 Å². The second-order valence-corrected chi connectivity index (χ2v) is 9.08. The van der Waals surface area contributed by atoms with E-state index in [9.17, 15) is 0 Å². The highest BCUT2D eigenvalue weighted by molar-refractivity contribution is 4.98. The fourth-order valence-corrected chi connectivity index (χ4v) is 3.37. The second-order valence-electron chi connectivity index (χ2n) is 9.08. The van der Waals surface area contributed by atoms with Crippen molar-refractivity contribution < 1.29 is 0 Å². The Hall–Kier alpha value is -0.0800. The van der Waals surface area contributed by atoms with Crippen LogP contribution in [0.2, 0.25) is 0 Å². The van der Waals surface area contributed by atoms with Gasteiger partial charge in [0.1, 0.15) is 0 Å². The Morgan fingerprint density at radius 3 is 1.74 bits per heavy atom. The highest BCUT2D eigenvalue weighted by Gasteiger charge is 2.44. The van der Waals surface area contributed by atoms with Gasteiger partial charge in [0.2, 0.25) is 0 Å². The summed E-state index contributed by atoms with van der Waals surface area (Å²) < 4.78 is 0. The van der Waals surface area contributed by atoms with Crippen molar-refractivity contribution in [3.8, 4) is 0 Å². The van der Waals surface area contributed by atoms with Gasteiger partial charge in [-0.3, -0.25) is 9.80 Å². The van der Waals surface area contributed by atoms with E-state index < -0.39 is 0 Å². The number of hydrogen-bond acceptors (Lipinski definition) is 2. The monoisotopic (exact) mass is 266 g/mol. The fourth-order valence-electron chi connectivity index (χ4n) is 3.37. The first-order chi connectivity index (χ1) is 8.53. The van der Waals surface area contributed by atoms with E-state index in [0.29, 0.717) is 16.4 Å². The van der Waals surface area contributed by atoms with Crippen LogP contribution in [0.5, 0.6) is 0 Å². The van der Waals surface area contributed by atoms with Gasteiger partial charge in [0.15, 0.2) is 0 Å². The van der Waals surface area contributed by atoms with Crippen molar-refractivity contribution in [3.05, 3.63) is 0 Å². The number of nitrogens with zero attached hydrogens (tertiary/aromatic N) is 2. The highest BCUT2D eigenvalue weighted by Crippen LogP contribution is 2.46. The summed E-state index contributed by atoms with van der Waals surface area (Å²) in [7, 11) is 0. The molecule has 0 saturated carbocycles. The van der Waals surface area contributed by atoms with Crippen LogP contribution in [0.4, 0.5) is 0 Å². The van der Waals surface area contributed by atoms with Crippen LogP contribution in [0.1, 0.15) is 61.3 Å². The van der Waals surface area contributed by atoms with Crippen molar-refractivity contribution in [1.29, 1.82) is 0 Å². The average molecular weight is 266 g/mol. The van der Waals surface area contributed by atoms with E-state index >= 15 is 0 Å². The molecule has 0 aromatic heterocycles. The van der Waals surface area contributed by atoms with Gasteiger partial charge in [0.05, 0.1) is 0 Å². The lowest BCUT2D eigenvalue weighted by Gasteiger charge is -2.55. The number of hydrogen-bond donors (Lipinski definition) is 0. The van der Waals surface area contributed by atoms with Crippen molar-refractivity contribution >= 4 is 0 Å². The molecule has 0 amide bonds. The van der Waals surface area contributed by atoms with Crippen LogP contribution < -0.4 is 0 Å². The molecule has 2 rings (SSSR count). The molecule has 2 heteroatoms. The van der Waals surface area contributed by atoms with Gasteiger partial charge in [-0.05, 0) is 57.5 Å². The fraction of sp³-hybridized carbons (Fsp3) is 1.00. The van der Waals surface area contributed by atoms with Crippen molar-refractivity contribution in [3.63, 3.8) is 0 Å². The Morgan fingerprint density at radius 2 is 1.37 bits per heavy atom. The third-order valence-electron chi connectivity index (χ3n) is 6.04. The maximum atomic E-state index is 2.75. The van der Waals surface area contributed by atoms with Gasteiger partial charge in [-0.15, -0.1) is 0 Å². The van der Waals surface area contributed by atoms with Crippen molar-refractivity contribution in [2.45, 2.75) is 72.9 Å². The summed E-state index contributed by atoms with van der Waals surface area (Å²) in [6.07, 6.45) is 2.73. The zero-order chi connectivity index (χ0) is 14.5. The smallest absolute Gasteiger partial charge is 0.0350 e. The maximum absolute atomic E-state index is 2.75. The van der Waals surface area contributed by atoms with Crippen molar-refractivity contribution in [2.24, 2.45) is 10.8 Å². The molecule has 0 spiro atoms. The number of likely N-dealkylation sites (tertiary alicyclic amines) is 2. The van der Waals surface area contributed by atoms with Crippen LogP contribution in [0, 0.1) is 10.8 Å². The lowest BCUT2D eigenvalue weighted by atomic mass is 9.62. The largest absolute Gasteiger partial charge is 0.298 e. The zero-order valence-corrected chi connectivity index (χ0v) is 14.2. The van der Waals surface area contributed by atoms with E-state index in [0.717, 1.165) is 6.04 Å². The Morgan fingerprint density at radius 1 is 0.895 bits per heavy atom. The SMILES string of the molecule is CC(C)(C)N1CC(N2CCC(C)(C(C)(C)C)CC2)C1. The van der Waals surface area contributed by atoms with Gasteiger partial charge in [0, 0.05) is 24.7 Å². The Kier molecular flexibility index (Phi) is 3.81. The van der Waals surface area contributed by atoms with Crippen LogP contribution in [0.15, 0.2) is 0 Å². The van der Waals surface area contributed by atoms with Gasteiger partial charge in [-0.2, -0.15) is 0 Å². The quantitative estimate of drug-likeness (QED) is 0.715. The van der Waals surface area contributed by atoms with E-state index in [1.54, 1.807) is 0 Å². The van der Waals surface area contributed by atoms with Gasteiger partial charge in [0.25, 0.3) is 0 Å². The minimum atomic E-state index is 0.353. The summed E-state index contributed by atoms with van der Waals surface area (Å²) >= 11 is 0. The molecule has 2 nitrogen and oxygen atoms in total. The van der Waals surface area contributed by atoms with Crippen LogP contribution in [-0.4, -0.2) is 47.6 Å². The third-order valence-corrected chi connectivity index (χ3v) is 6.04. The molecule has 0 atom stereocenters. The van der Waals surface area contributed by atoms with E-state index in [-0.39, 0.29) is 0 Å². The highest BCUT2D eigenvalue weighted by atomic mass is 15.3. The van der Waals surface area contributed by atoms with Gasteiger partial charge in [-0.25, -0.2) is 0 Å². The number of piperidine rings is 1. The Bertz CT molecular complexity index is 307. The Balaban J connectivity index is 1.83. The molecule has 2 aliphatic heterocycles. The summed E-state index contributed by atoms with van der Waals surface area (Å²) in [5.41, 5.74) is 1.32. The van der Waals surface area contributed by atoms with Gasteiger partial charge in [-0.1, -0.05) is 27.7 Å². The molecule has 2 saturated heterocycles. The lowest BCUT2D eigenvalue weighted by molar-refractivity contribution is -0.0584.